The number of morpholine rings is 1. The number of hydrogen-bond acceptors (Lipinski definition) is 4. The number of Topliss-reactive ketones (excluding diaryl/α,β-unsaturated/α-hetero) is 1. The fourth-order valence-electron chi connectivity index (χ4n) is 2.06. The summed E-state index contributed by atoms with van der Waals surface area (Å²) in [5.74, 6) is -0.589. The quantitative estimate of drug-likeness (QED) is 0.665. The molecule has 6 nitrogen and oxygen atoms in total. The number of nitrogens with one attached hydrogen (secondary N) is 1. The van der Waals surface area contributed by atoms with Gasteiger partial charge in [-0.2, -0.15) is 0 Å². The van der Waals surface area contributed by atoms with Crippen LogP contribution in [0.2, 0.25) is 0 Å². The van der Waals surface area contributed by atoms with Crippen molar-refractivity contribution in [1.82, 2.24) is 4.90 Å². The number of hydrogen-bond donors (Lipinski definition) is 1. The molecule has 0 spiro atoms. The van der Waals surface area contributed by atoms with Crippen LogP contribution < -0.4 is 5.32 Å². The second-order valence-corrected chi connectivity index (χ2v) is 4.85. The molecule has 0 atom stereocenters. The maximum absolute atomic E-state index is 11.9. The van der Waals surface area contributed by atoms with Crippen LogP contribution in [0, 0.1) is 0 Å². The molecule has 21 heavy (non-hydrogen) atoms. The van der Waals surface area contributed by atoms with Crippen LogP contribution in [0.3, 0.4) is 0 Å². The summed E-state index contributed by atoms with van der Waals surface area (Å²) >= 11 is 0. The highest BCUT2D eigenvalue weighted by molar-refractivity contribution is 6.03. The molecular weight excluding hydrogens is 272 g/mol. The van der Waals surface area contributed by atoms with Gasteiger partial charge >= 0.3 is 0 Å². The van der Waals surface area contributed by atoms with E-state index in [4.69, 9.17) is 4.74 Å². The number of rotatable bonds is 4. The SMILES string of the molecule is CC(=O)c1ccc(NC(=O)CC(=O)N2CCOCC2)cc1. The fraction of sp³-hybridized carbons (Fsp3) is 0.400. The molecule has 0 radical (unpaired) electrons. The number of carbonyl (C=O) groups is 3. The molecule has 1 aliphatic heterocycles. The molecule has 6 heteroatoms. The lowest BCUT2D eigenvalue weighted by molar-refractivity contribution is -0.138. The van der Waals surface area contributed by atoms with Crippen LogP contribution in [0.25, 0.3) is 0 Å². The summed E-state index contributed by atoms with van der Waals surface area (Å²) in [4.78, 5) is 36.5. The zero-order chi connectivity index (χ0) is 15.2. The largest absolute Gasteiger partial charge is 0.378 e. The molecule has 2 amide bonds. The van der Waals surface area contributed by atoms with Crippen LogP contribution in [-0.2, 0) is 14.3 Å². The van der Waals surface area contributed by atoms with E-state index >= 15 is 0 Å². The minimum Gasteiger partial charge on any atom is -0.378 e. The second-order valence-electron chi connectivity index (χ2n) is 4.85. The highest BCUT2D eigenvalue weighted by Gasteiger charge is 2.19. The van der Waals surface area contributed by atoms with Crippen molar-refractivity contribution in [2.24, 2.45) is 0 Å². The van der Waals surface area contributed by atoms with E-state index in [1.165, 1.54) is 6.92 Å². The Hall–Kier alpha value is -2.21. The summed E-state index contributed by atoms with van der Waals surface area (Å²) in [6.45, 7) is 3.56. The number of ether oxygens (including phenoxy) is 1. The van der Waals surface area contributed by atoms with Crippen LogP contribution in [0.4, 0.5) is 5.69 Å². The third kappa shape index (κ3) is 4.39. The van der Waals surface area contributed by atoms with E-state index in [9.17, 15) is 14.4 Å². The third-order valence-corrected chi connectivity index (χ3v) is 3.25. The van der Waals surface area contributed by atoms with Gasteiger partial charge in [-0.05, 0) is 31.2 Å². The zero-order valence-corrected chi connectivity index (χ0v) is 11.9. The predicted octanol–water partition coefficient (Wildman–Crippen LogP) is 1.08. The average Bonchev–Trinajstić information content (AvgIpc) is 2.48. The molecule has 0 unspecified atom stereocenters. The lowest BCUT2D eigenvalue weighted by atomic mass is 10.1. The molecule has 1 aromatic carbocycles. The van der Waals surface area contributed by atoms with Gasteiger partial charge in [0.25, 0.3) is 0 Å². The molecule has 0 aromatic heterocycles. The Morgan fingerprint density at radius 3 is 2.33 bits per heavy atom. The molecule has 0 saturated carbocycles. The summed E-state index contributed by atoms with van der Waals surface area (Å²) in [7, 11) is 0. The minimum atomic E-state index is -0.359. The van der Waals surface area contributed by atoms with Gasteiger partial charge in [0, 0.05) is 24.3 Å². The van der Waals surface area contributed by atoms with Crippen molar-refractivity contribution < 1.29 is 19.1 Å². The minimum absolute atomic E-state index is 0.0321. The van der Waals surface area contributed by atoms with Crippen molar-refractivity contribution in [2.45, 2.75) is 13.3 Å². The lowest BCUT2D eigenvalue weighted by Crippen LogP contribution is -2.41. The summed E-state index contributed by atoms with van der Waals surface area (Å²) < 4.78 is 5.16. The maximum atomic E-state index is 11.9. The summed E-state index contributed by atoms with van der Waals surface area (Å²) in [5, 5.41) is 2.65. The number of ketones is 1. The highest BCUT2D eigenvalue weighted by atomic mass is 16.5. The fourth-order valence-corrected chi connectivity index (χ4v) is 2.06. The van der Waals surface area contributed by atoms with Crippen molar-refractivity contribution in [3.05, 3.63) is 29.8 Å². The van der Waals surface area contributed by atoms with E-state index in [0.717, 1.165) is 0 Å². The Balaban J connectivity index is 1.86. The van der Waals surface area contributed by atoms with Crippen molar-refractivity contribution in [2.75, 3.05) is 31.6 Å². The van der Waals surface area contributed by atoms with Crippen LogP contribution in [-0.4, -0.2) is 48.8 Å². The monoisotopic (exact) mass is 290 g/mol. The predicted molar refractivity (Wildman–Crippen MR) is 77.1 cm³/mol. The van der Waals surface area contributed by atoms with E-state index in [1.807, 2.05) is 0 Å². The van der Waals surface area contributed by atoms with Crippen LogP contribution >= 0.6 is 0 Å². The lowest BCUT2D eigenvalue weighted by Gasteiger charge is -2.26. The molecule has 1 aliphatic rings. The van der Waals surface area contributed by atoms with E-state index in [1.54, 1.807) is 29.2 Å². The van der Waals surface area contributed by atoms with Crippen LogP contribution in [0.15, 0.2) is 24.3 Å². The summed E-state index contributed by atoms with van der Waals surface area (Å²) in [6.07, 6.45) is -0.186. The van der Waals surface area contributed by atoms with Gasteiger partial charge in [-0.1, -0.05) is 0 Å². The topological polar surface area (TPSA) is 75.7 Å². The molecule has 1 saturated heterocycles. The van der Waals surface area contributed by atoms with Crippen molar-refractivity contribution in [3.63, 3.8) is 0 Å². The molecule has 1 heterocycles. The molecule has 1 fully saturated rings. The van der Waals surface area contributed by atoms with E-state index in [-0.39, 0.29) is 24.0 Å². The summed E-state index contributed by atoms with van der Waals surface area (Å²) in [5.41, 5.74) is 1.15. The number of carbonyl (C=O) groups excluding carboxylic acids is 3. The van der Waals surface area contributed by atoms with Crippen molar-refractivity contribution >= 4 is 23.3 Å². The second kappa shape index (κ2) is 6.99. The molecule has 1 aromatic rings. The Bertz CT molecular complexity index is 533. The first-order chi connectivity index (χ1) is 10.1. The molecular formula is C15H18N2O4. The van der Waals surface area contributed by atoms with Gasteiger partial charge in [0.2, 0.25) is 11.8 Å². The Morgan fingerprint density at radius 2 is 1.76 bits per heavy atom. The molecule has 112 valence electrons. The Labute approximate surface area is 123 Å². The van der Waals surface area contributed by atoms with Gasteiger partial charge in [0.1, 0.15) is 6.42 Å². The van der Waals surface area contributed by atoms with Crippen LogP contribution in [0.1, 0.15) is 23.7 Å². The maximum Gasteiger partial charge on any atom is 0.233 e. The van der Waals surface area contributed by atoms with E-state index in [0.29, 0.717) is 37.6 Å². The molecule has 1 N–H and O–H groups in total. The first kappa shape index (κ1) is 15.2. The number of amides is 2. The van der Waals surface area contributed by atoms with Crippen molar-refractivity contribution in [1.29, 1.82) is 0 Å². The smallest absolute Gasteiger partial charge is 0.233 e. The zero-order valence-electron chi connectivity index (χ0n) is 11.9. The number of anilines is 1. The highest BCUT2D eigenvalue weighted by Crippen LogP contribution is 2.11. The summed E-state index contributed by atoms with van der Waals surface area (Å²) in [6, 6.07) is 6.57. The molecule has 0 bridgehead atoms. The van der Waals surface area contributed by atoms with Gasteiger partial charge in [0.15, 0.2) is 5.78 Å². The number of benzene rings is 1. The third-order valence-electron chi connectivity index (χ3n) is 3.25. The van der Waals surface area contributed by atoms with Crippen molar-refractivity contribution in [3.8, 4) is 0 Å². The van der Waals surface area contributed by atoms with Gasteiger partial charge < -0.3 is 15.0 Å². The normalized spacial score (nSPS) is 14.6. The molecule has 0 aliphatic carbocycles. The van der Waals surface area contributed by atoms with E-state index < -0.39 is 0 Å². The average molecular weight is 290 g/mol. The first-order valence-corrected chi connectivity index (χ1v) is 6.82. The van der Waals surface area contributed by atoms with Gasteiger partial charge in [-0.3, -0.25) is 14.4 Å². The standard InChI is InChI=1S/C15H18N2O4/c1-11(18)12-2-4-13(5-3-12)16-14(19)10-15(20)17-6-8-21-9-7-17/h2-5H,6-10H2,1H3,(H,16,19). The van der Waals surface area contributed by atoms with Gasteiger partial charge in [-0.15, -0.1) is 0 Å². The molecule has 2 rings (SSSR count). The number of nitrogens with zero attached hydrogens (tertiary/aromatic N) is 1. The van der Waals surface area contributed by atoms with Gasteiger partial charge in [-0.25, -0.2) is 0 Å². The van der Waals surface area contributed by atoms with Gasteiger partial charge in [0.05, 0.1) is 13.2 Å². The van der Waals surface area contributed by atoms with E-state index in [2.05, 4.69) is 5.32 Å². The Kier molecular flexibility index (Phi) is 5.05. The van der Waals surface area contributed by atoms with Crippen LogP contribution in [0.5, 0.6) is 0 Å². The first-order valence-electron chi connectivity index (χ1n) is 6.82. The Morgan fingerprint density at radius 1 is 1.14 bits per heavy atom.